The monoisotopic (exact) mass is 462 g/mol. The van der Waals surface area contributed by atoms with Gasteiger partial charge in [0.05, 0.1) is 10.6 Å². The Morgan fingerprint density at radius 3 is 2.67 bits per heavy atom. The molecule has 0 aliphatic carbocycles. The summed E-state index contributed by atoms with van der Waals surface area (Å²) in [5.74, 6) is -0.565. The minimum atomic E-state index is -3.94. The molecule has 2 aromatic heterocycles. The Hall–Kier alpha value is -3.98. The summed E-state index contributed by atoms with van der Waals surface area (Å²) in [6.45, 7) is 2.14. The summed E-state index contributed by atoms with van der Waals surface area (Å²) in [6, 6.07) is 14.9. The lowest BCUT2D eigenvalue weighted by molar-refractivity contribution is 0.0949. The van der Waals surface area contributed by atoms with Crippen molar-refractivity contribution in [3.05, 3.63) is 100 Å². The largest absolute Gasteiger partial charge is 0.360 e. The van der Waals surface area contributed by atoms with E-state index in [0.29, 0.717) is 17.6 Å². The van der Waals surface area contributed by atoms with E-state index in [2.05, 4.69) is 20.0 Å². The highest BCUT2D eigenvalue weighted by atomic mass is 32.2. The third-order valence-electron chi connectivity index (χ3n) is 5.23. The standard InChI is InChI=1S/C24H22N4O4S/c1-2-17-7-3-4-8-21(17)28-33(31,32)18-9-10-22-19(12-18)23(29)20(15-26-22)24(30)27-14-16-6-5-11-25-13-16/h3-13,15,28H,2,14H2,1H3,(H,26,29)(H,27,30). The number of sulfonamides is 1. The first-order valence-corrected chi connectivity index (χ1v) is 11.8. The average molecular weight is 463 g/mol. The molecule has 0 bridgehead atoms. The third-order valence-corrected chi connectivity index (χ3v) is 6.59. The smallest absolute Gasteiger partial charge is 0.261 e. The van der Waals surface area contributed by atoms with Crippen LogP contribution in [0.4, 0.5) is 5.69 Å². The number of hydrogen-bond donors (Lipinski definition) is 3. The van der Waals surface area contributed by atoms with Gasteiger partial charge in [0.2, 0.25) is 5.43 Å². The molecule has 2 heterocycles. The van der Waals surface area contributed by atoms with E-state index in [1.54, 1.807) is 36.7 Å². The van der Waals surface area contributed by atoms with Crippen LogP contribution in [-0.2, 0) is 23.0 Å². The van der Waals surface area contributed by atoms with Crippen LogP contribution in [0, 0.1) is 0 Å². The lowest BCUT2D eigenvalue weighted by atomic mass is 10.1. The number of nitrogens with one attached hydrogen (secondary N) is 3. The fourth-order valence-electron chi connectivity index (χ4n) is 3.45. The van der Waals surface area contributed by atoms with Crippen LogP contribution in [0.1, 0.15) is 28.4 Å². The van der Waals surface area contributed by atoms with Crippen LogP contribution < -0.4 is 15.5 Å². The van der Waals surface area contributed by atoms with Crippen LogP contribution in [0.3, 0.4) is 0 Å². The molecule has 33 heavy (non-hydrogen) atoms. The Morgan fingerprint density at radius 2 is 1.91 bits per heavy atom. The molecule has 0 spiro atoms. The summed E-state index contributed by atoms with van der Waals surface area (Å²) < 4.78 is 28.6. The van der Waals surface area contributed by atoms with Gasteiger partial charge in [-0.15, -0.1) is 0 Å². The lowest BCUT2D eigenvalue weighted by Crippen LogP contribution is -2.28. The SMILES string of the molecule is CCc1ccccc1NS(=O)(=O)c1ccc2[nH]cc(C(=O)NCc3cccnc3)c(=O)c2c1. The van der Waals surface area contributed by atoms with Gasteiger partial charge < -0.3 is 10.3 Å². The van der Waals surface area contributed by atoms with Crippen LogP contribution in [0.25, 0.3) is 10.9 Å². The minimum Gasteiger partial charge on any atom is -0.360 e. The Balaban J connectivity index is 1.64. The summed E-state index contributed by atoms with van der Waals surface area (Å²) in [7, 11) is -3.94. The lowest BCUT2D eigenvalue weighted by Gasteiger charge is -2.12. The molecule has 0 aliphatic rings. The molecule has 8 nitrogen and oxygen atoms in total. The summed E-state index contributed by atoms with van der Waals surface area (Å²) in [5.41, 5.74) is 1.89. The number of hydrogen-bond acceptors (Lipinski definition) is 5. The molecule has 0 saturated carbocycles. The fourth-order valence-corrected chi connectivity index (χ4v) is 4.57. The van der Waals surface area contributed by atoms with Gasteiger partial charge in [-0.05, 0) is 47.9 Å². The van der Waals surface area contributed by atoms with Crippen LogP contribution in [0.5, 0.6) is 0 Å². The number of fused-ring (bicyclic) bond motifs is 1. The third kappa shape index (κ3) is 4.78. The molecular weight excluding hydrogens is 440 g/mol. The Labute approximate surface area is 190 Å². The van der Waals surface area contributed by atoms with Crippen molar-refractivity contribution in [3.8, 4) is 0 Å². The summed E-state index contributed by atoms with van der Waals surface area (Å²) in [5, 5.41) is 2.79. The topological polar surface area (TPSA) is 121 Å². The summed E-state index contributed by atoms with van der Waals surface area (Å²) in [4.78, 5) is 32.4. The first kappa shape index (κ1) is 22.2. The van der Waals surface area contributed by atoms with Crippen LogP contribution in [0.15, 0.2) is 82.9 Å². The van der Waals surface area contributed by atoms with Gasteiger partial charge in [-0.3, -0.25) is 19.3 Å². The van der Waals surface area contributed by atoms with Crippen molar-refractivity contribution in [2.45, 2.75) is 24.8 Å². The first-order valence-electron chi connectivity index (χ1n) is 10.3. The normalized spacial score (nSPS) is 11.3. The number of anilines is 1. The Morgan fingerprint density at radius 1 is 1.09 bits per heavy atom. The number of aryl methyl sites for hydroxylation is 1. The van der Waals surface area contributed by atoms with E-state index in [1.807, 2.05) is 19.1 Å². The molecule has 9 heteroatoms. The second-order valence-corrected chi connectivity index (χ2v) is 9.08. The maximum atomic E-state index is 13.0. The number of benzene rings is 2. The number of aromatic nitrogens is 2. The van der Waals surface area contributed by atoms with E-state index in [0.717, 1.165) is 11.1 Å². The number of H-pyrrole nitrogens is 1. The highest BCUT2D eigenvalue weighted by Crippen LogP contribution is 2.22. The van der Waals surface area contributed by atoms with E-state index in [-0.39, 0.29) is 22.4 Å². The Bertz CT molecular complexity index is 1480. The highest BCUT2D eigenvalue weighted by Gasteiger charge is 2.19. The predicted molar refractivity (Wildman–Crippen MR) is 127 cm³/mol. The molecule has 4 rings (SSSR count). The number of nitrogens with zero attached hydrogens (tertiary/aromatic N) is 1. The molecule has 0 unspecified atom stereocenters. The molecular formula is C24H22N4O4S. The van der Waals surface area contributed by atoms with Crippen molar-refractivity contribution in [1.29, 1.82) is 0 Å². The molecule has 2 aromatic carbocycles. The number of carbonyl (C=O) groups is 1. The second-order valence-electron chi connectivity index (χ2n) is 7.40. The van der Waals surface area contributed by atoms with Gasteiger partial charge in [0.25, 0.3) is 15.9 Å². The first-order chi connectivity index (χ1) is 15.9. The quantitative estimate of drug-likeness (QED) is 0.389. The fraction of sp³-hybridized carbons (Fsp3) is 0.125. The number of pyridine rings is 2. The van der Waals surface area contributed by atoms with Crippen LogP contribution in [0.2, 0.25) is 0 Å². The molecule has 0 saturated heterocycles. The van der Waals surface area contributed by atoms with E-state index in [1.165, 1.54) is 24.4 Å². The predicted octanol–water partition coefficient (Wildman–Crippen LogP) is 3.22. The van der Waals surface area contributed by atoms with Gasteiger partial charge in [0.1, 0.15) is 5.56 Å². The zero-order valence-electron chi connectivity index (χ0n) is 17.8. The van der Waals surface area contributed by atoms with Crippen molar-refractivity contribution >= 4 is 32.5 Å². The van der Waals surface area contributed by atoms with Crippen LogP contribution >= 0.6 is 0 Å². The molecule has 4 aromatic rings. The van der Waals surface area contributed by atoms with Crippen molar-refractivity contribution in [1.82, 2.24) is 15.3 Å². The van der Waals surface area contributed by atoms with Gasteiger partial charge in [-0.2, -0.15) is 0 Å². The number of aromatic amines is 1. The molecule has 0 atom stereocenters. The van der Waals surface area contributed by atoms with Crippen molar-refractivity contribution in [2.75, 3.05) is 4.72 Å². The van der Waals surface area contributed by atoms with Gasteiger partial charge in [-0.1, -0.05) is 31.2 Å². The molecule has 1 amide bonds. The van der Waals surface area contributed by atoms with E-state index in [4.69, 9.17) is 0 Å². The van der Waals surface area contributed by atoms with Gasteiger partial charge in [0.15, 0.2) is 0 Å². The zero-order chi connectivity index (χ0) is 23.4. The summed E-state index contributed by atoms with van der Waals surface area (Å²) >= 11 is 0. The highest BCUT2D eigenvalue weighted by molar-refractivity contribution is 7.92. The summed E-state index contributed by atoms with van der Waals surface area (Å²) in [6.07, 6.45) is 5.23. The number of amides is 1. The van der Waals surface area contributed by atoms with Crippen molar-refractivity contribution in [3.63, 3.8) is 0 Å². The van der Waals surface area contributed by atoms with E-state index >= 15 is 0 Å². The van der Waals surface area contributed by atoms with E-state index < -0.39 is 21.4 Å². The molecule has 3 N–H and O–H groups in total. The maximum Gasteiger partial charge on any atom is 0.261 e. The van der Waals surface area contributed by atoms with Gasteiger partial charge in [-0.25, -0.2) is 8.42 Å². The average Bonchev–Trinajstić information content (AvgIpc) is 2.83. The number of carbonyl (C=O) groups excluding carboxylic acids is 1. The minimum absolute atomic E-state index is 0.0701. The number of rotatable bonds is 7. The molecule has 0 radical (unpaired) electrons. The van der Waals surface area contributed by atoms with Crippen LogP contribution in [-0.4, -0.2) is 24.3 Å². The maximum absolute atomic E-state index is 13.0. The van der Waals surface area contributed by atoms with Gasteiger partial charge in [0, 0.05) is 36.0 Å². The van der Waals surface area contributed by atoms with E-state index in [9.17, 15) is 18.0 Å². The molecule has 168 valence electrons. The zero-order valence-corrected chi connectivity index (χ0v) is 18.6. The molecule has 0 aliphatic heterocycles. The molecule has 0 fully saturated rings. The van der Waals surface area contributed by atoms with Crippen molar-refractivity contribution in [2.24, 2.45) is 0 Å². The second kappa shape index (κ2) is 9.25. The number of para-hydroxylation sites is 1. The van der Waals surface area contributed by atoms with Gasteiger partial charge >= 0.3 is 0 Å². The van der Waals surface area contributed by atoms with Crippen molar-refractivity contribution < 1.29 is 13.2 Å². The Kier molecular flexibility index (Phi) is 6.23.